The number of aromatic amines is 1. The summed E-state index contributed by atoms with van der Waals surface area (Å²) in [5, 5.41) is 7.01. The Morgan fingerprint density at radius 3 is 3.04 bits per heavy atom. The lowest BCUT2D eigenvalue weighted by molar-refractivity contribution is -0.119. The highest BCUT2D eigenvalue weighted by Crippen LogP contribution is 2.11. The van der Waals surface area contributed by atoms with Crippen LogP contribution in [0.15, 0.2) is 6.07 Å². The van der Waals surface area contributed by atoms with Crippen molar-refractivity contribution in [1.82, 2.24) is 20.0 Å². The maximum Gasteiger partial charge on any atom is 0.274 e. The van der Waals surface area contributed by atoms with E-state index in [1.165, 1.54) is 0 Å². The van der Waals surface area contributed by atoms with E-state index in [-0.39, 0.29) is 24.5 Å². The second-order valence-electron chi connectivity index (χ2n) is 5.94. The summed E-state index contributed by atoms with van der Waals surface area (Å²) in [6.07, 6.45) is 1.75. The molecular formula is C15H25N5O3. The van der Waals surface area contributed by atoms with Crippen LogP contribution in [0.3, 0.4) is 0 Å². The number of aromatic nitrogens is 2. The Labute approximate surface area is 135 Å². The molecule has 0 radical (unpaired) electrons. The first-order valence-electron chi connectivity index (χ1n) is 7.91. The van der Waals surface area contributed by atoms with E-state index in [9.17, 15) is 9.59 Å². The van der Waals surface area contributed by atoms with Crippen LogP contribution in [-0.2, 0) is 16.0 Å². The van der Waals surface area contributed by atoms with Gasteiger partial charge in [-0.15, -0.1) is 0 Å². The van der Waals surface area contributed by atoms with E-state index >= 15 is 0 Å². The highest BCUT2D eigenvalue weighted by Gasteiger charge is 2.27. The zero-order valence-electron chi connectivity index (χ0n) is 13.7. The highest BCUT2D eigenvalue weighted by atomic mass is 16.5. The molecule has 2 heterocycles. The number of rotatable bonds is 7. The average molecular weight is 323 g/mol. The van der Waals surface area contributed by atoms with Crippen LogP contribution in [0.5, 0.6) is 0 Å². The monoisotopic (exact) mass is 323 g/mol. The topological polar surface area (TPSA) is 105 Å². The molecule has 1 atom stereocenters. The number of H-pyrrole nitrogens is 1. The first kappa shape index (κ1) is 17.4. The fourth-order valence-electron chi connectivity index (χ4n) is 2.72. The van der Waals surface area contributed by atoms with Crippen molar-refractivity contribution in [3.8, 4) is 0 Å². The Morgan fingerprint density at radius 1 is 1.57 bits per heavy atom. The van der Waals surface area contributed by atoms with Gasteiger partial charge in [0, 0.05) is 25.3 Å². The lowest BCUT2D eigenvalue weighted by Crippen LogP contribution is -2.50. The van der Waals surface area contributed by atoms with Gasteiger partial charge in [0.15, 0.2) is 0 Å². The predicted octanol–water partition coefficient (Wildman–Crippen LogP) is -0.380. The molecule has 2 rings (SSSR count). The first-order chi connectivity index (χ1) is 11.0. The number of hydrogen-bond acceptors (Lipinski definition) is 5. The van der Waals surface area contributed by atoms with Crippen LogP contribution < -0.4 is 5.73 Å². The first-order valence-corrected chi connectivity index (χ1v) is 7.91. The van der Waals surface area contributed by atoms with E-state index in [0.29, 0.717) is 31.9 Å². The van der Waals surface area contributed by atoms with Crippen LogP contribution in [0, 0.1) is 0 Å². The van der Waals surface area contributed by atoms with Crippen molar-refractivity contribution in [3.05, 3.63) is 17.5 Å². The maximum atomic E-state index is 12.5. The lowest BCUT2D eigenvalue weighted by Gasteiger charge is -2.34. The molecule has 0 aliphatic carbocycles. The standard InChI is InChI=1S/C15H25N5O3/c1-3-4-11-7-13(18-17-11)15(22)20-5-6-23-12(9-20)8-19(2)10-14(16)21/h7,12H,3-6,8-10H2,1-2H3,(H2,16,21)(H,17,18)/t12-/m1/s1. The number of nitrogens with zero attached hydrogens (tertiary/aromatic N) is 3. The number of aryl methyl sites for hydroxylation is 1. The number of hydrogen-bond donors (Lipinski definition) is 2. The second kappa shape index (κ2) is 8.07. The van der Waals surface area contributed by atoms with Gasteiger partial charge in [-0.1, -0.05) is 13.3 Å². The number of morpholine rings is 1. The van der Waals surface area contributed by atoms with Crippen molar-refractivity contribution in [2.75, 3.05) is 39.8 Å². The number of primary amides is 1. The highest BCUT2D eigenvalue weighted by molar-refractivity contribution is 5.92. The van der Waals surface area contributed by atoms with E-state index in [0.717, 1.165) is 18.5 Å². The summed E-state index contributed by atoms with van der Waals surface area (Å²) in [7, 11) is 1.81. The quantitative estimate of drug-likeness (QED) is 0.712. The third-order valence-corrected chi connectivity index (χ3v) is 3.74. The number of nitrogens with one attached hydrogen (secondary N) is 1. The van der Waals surface area contributed by atoms with Gasteiger partial charge >= 0.3 is 0 Å². The van der Waals surface area contributed by atoms with Crippen LogP contribution in [0.25, 0.3) is 0 Å². The van der Waals surface area contributed by atoms with Crippen molar-refractivity contribution in [3.63, 3.8) is 0 Å². The molecule has 0 spiro atoms. The lowest BCUT2D eigenvalue weighted by atomic mass is 10.2. The average Bonchev–Trinajstić information content (AvgIpc) is 2.95. The predicted molar refractivity (Wildman–Crippen MR) is 84.9 cm³/mol. The molecule has 2 amide bonds. The van der Waals surface area contributed by atoms with Crippen molar-refractivity contribution in [2.24, 2.45) is 5.73 Å². The Balaban J connectivity index is 1.91. The van der Waals surface area contributed by atoms with Crippen LogP contribution in [0.4, 0.5) is 0 Å². The third-order valence-electron chi connectivity index (χ3n) is 3.74. The number of ether oxygens (including phenoxy) is 1. The number of carbonyl (C=O) groups is 2. The van der Waals surface area contributed by atoms with Gasteiger partial charge in [-0.25, -0.2) is 0 Å². The normalized spacial score (nSPS) is 18.4. The Kier molecular flexibility index (Phi) is 6.12. The molecule has 1 saturated heterocycles. The Morgan fingerprint density at radius 2 is 2.35 bits per heavy atom. The van der Waals surface area contributed by atoms with Crippen LogP contribution >= 0.6 is 0 Å². The minimum absolute atomic E-state index is 0.0885. The smallest absolute Gasteiger partial charge is 0.274 e. The van der Waals surface area contributed by atoms with Crippen LogP contribution in [0.1, 0.15) is 29.5 Å². The molecule has 0 unspecified atom stereocenters. The summed E-state index contributed by atoms with van der Waals surface area (Å²) in [5.74, 6) is -0.467. The Hall–Kier alpha value is -1.93. The molecule has 8 nitrogen and oxygen atoms in total. The fraction of sp³-hybridized carbons (Fsp3) is 0.667. The summed E-state index contributed by atoms with van der Waals surface area (Å²) in [5.41, 5.74) is 6.60. The van der Waals surface area contributed by atoms with Gasteiger partial charge in [-0.05, 0) is 19.5 Å². The molecule has 1 aromatic rings. The van der Waals surface area contributed by atoms with Gasteiger partial charge in [0.25, 0.3) is 5.91 Å². The van der Waals surface area contributed by atoms with Gasteiger partial charge in [-0.3, -0.25) is 19.6 Å². The van der Waals surface area contributed by atoms with Crippen molar-refractivity contribution < 1.29 is 14.3 Å². The third kappa shape index (κ3) is 5.04. The van der Waals surface area contributed by atoms with Gasteiger partial charge in [0.1, 0.15) is 5.69 Å². The van der Waals surface area contributed by atoms with E-state index in [2.05, 4.69) is 17.1 Å². The number of nitrogens with two attached hydrogens (primary N) is 1. The van der Waals surface area contributed by atoms with E-state index in [1.807, 2.05) is 6.07 Å². The molecule has 0 bridgehead atoms. The van der Waals surface area contributed by atoms with Crippen molar-refractivity contribution in [2.45, 2.75) is 25.9 Å². The second-order valence-corrected chi connectivity index (χ2v) is 5.94. The number of likely N-dealkylation sites (N-methyl/N-ethyl adjacent to an activating group) is 1. The van der Waals surface area contributed by atoms with Crippen molar-refractivity contribution in [1.29, 1.82) is 0 Å². The Bertz CT molecular complexity index is 545. The van der Waals surface area contributed by atoms with Gasteiger partial charge in [0.2, 0.25) is 5.91 Å². The minimum Gasteiger partial charge on any atom is -0.373 e. The molecule has 8 heteroatoms. The largest absolute Gasteiger partial charge is 0.373 e. The van der Waals surface area contributed by atoms with E-state index in [4.69, 9.17) is 10.5 Å². The zero-order chi connectivity index (χ0) is 16.8. The summed E-state index contributed by atoms with van der Waals surface area (Å²) in [4.78, 5) is 27.0. The molecule has 3 N–H and O–H groups in total. The zero-order valence-corrected chi connectivity index (χ0v) is 13.7. The number of carbonyl (C=O) groups excluding carboxylic acids is 2. The fourth-order valence-corrected chi connectivity index (χ4v) is 2.72. The van der Waals surface area contributed by atoms with Crippen molar-refractivity contribution >= 4 is 11.8 Å². The molecular weight excluding hydrogens is 298 g/mol. The molecule has 1 fully saturated rings. The van der Waals surface area contributed by atoms with Crippen LogP contribution in [0.2, 0.25) is 0 Å². The summed E-state index contributed by atoms with van der Waals surface area (Å²) in [6.45, 7) is 4.31. The maximum absolute atomic E-state index is 12.5. The molecule has 0 saturated carbocycles. The summed E-state index contributed by atoms with van der Waals surface area (Å²) in [6, 6.07) is 1.81. The van der Waals surface area contributed by atoms with Gasteiger partial charge in [0.05, 0.1) is 19.3 Å². The van der Waals surface area contributed by atoms with Gasteiger partial charge in [-0.2, -0.15) is 5.10 Å². The van der Waals surface area contributed by atoms with E-state index < -0.39 is 0 Å². The molecule has 1 aliphatic rings. The SMILES string of the molecule is CCCc1cc(C(=O)N2CCO[C@H](CN(C)CC(N)=O)C2)n[nH]1. The number of amides is 2. The molecule has 1 aliphatic heterocycles. The van der Waals surface area contributed by atoms with Gasteiger partial charge < -0.3 is 15.4 Å². The molecule has 0 aromatic carbocycles. The summed E-state index contributed by atoms with van der Waals surface area (Å²) < 4.78 is 5.67. The molecule has 23 heavy (non-hydrogen) atoms. The summed E-state index contributed by atoms with van der Waals surface area (Å²) >= 11 is 0. The van der Waals surface area contributed by atoms with E-state index in [1.54, 1.807) is 16.8 Å². The molecule has 128 valence electrons. The minimum atomic E-state index is -0.379. The van der Waals surface area contributed by atoms with Crippen LogP contribution in [-0.4, -0.2) is 77.7 Å². The molecule has 1 aromatic heterocycles.